The maximum Gasteiger partial charge on any atom is 0.225 e. The maximum atomic E-state index is 11.2. The van der Waals surface area contributed by atoms with Gasteiger partial charge < -0.3 is 16.0 Å². The van der Waals surface area contributed by atoms with Gasteiger partial charge >= 0.3 is 0 Å². The summed E-state index contributed by atoms with van der Waals surface area (Å²) in [5, 5.41) is 9.38. The van der Waals surface area contributed by atoms with Gasteiger partial charge in [-0.3, -0.25) is 9.78 Å². The Labute approximate surface area is 164 Å². The van der Waals surface area contributed by atoms with E-state index in [9.17, 15) is 4.79 Å². The van der Waals surface area contributed by atoms with Gasteiger partial charge in [0.2, 0.25) is 11.9 Å². The molecule has 0 aliphatic rings. The van der Waals surface area contributed by atoms with Crippen LogP contribution in [-0.4, -0.2) is 26.9 Å². The van der Waals surface area contributed by atoms with Crippen LogP contribution in [0.2, 0.25) is 0 Å². The summed E-state index contributed by atoms with van der Waals surface area (Å²) in [7, 11) is 0. The minimum Gasteiger partial charge on any atom is -0.352 e. The summed E-state index contributed by atoms with van der Waals surface area (Å²) < 4.78 is 0. The summed E-state index contributed by atoms with van der Waals surface area (Å²) in [6.45, 7) is 5.69. The molecule has 3 rings (SSSR count). The van der Waals surface area contributed by atoms with Crippen LogP contribution < -0.4 is 16.0 Å². The monoisotopic (exact) mass is 376 g/mol. The number of benzene rings is 1. The molecule has 1 atom stereocenters. The number of carbonyl (C=O) groups is 1. The van der Waals surface area contributed by atoms with Crippen molar-refractivity contribution in [3.63, 3.8) is 0 Å². The van der Waals surface area contributed by atoms with Gasteiger partial charge in [0, 0.05) is 48.4 Å². The molecule has 3 aromatic rings. The molecule has 0 aliphatic carbocycles. The molecule has 3 N–H and O–H groups in total. The van der Waals surface area contributed by atoms with Crippen molar-refractivity contribution in [3.8, 4) is 11.3 Å². The highest BCUT2D eigenvalue weighted by atomic mass is 16.1. The van der Waals surface area contributed by atoms with E-state index in [1.54, 1.807) is 12.4 Å². The van der Waals surface area contributed by atoms with Gasteiger partial charge in [0.05, 0.1) is 5.69 Å². The maximum absolute atomic E-state index is 11.2. The molecule has 0 saturated carbocycles. The van der Waals surface area contributed by atoms with Crippen molar-refractivity contribution in [2.75, 3.05) is 16.0 Å². The Kier molecular flexibility index (Phi) is 6.16. The van der Waals surface area contributed by atoms with Gasteiger partial charge in [-0.05, 0) is 49.7 Å². The van der Waals surface area contributed by atoms with E-state index in [1.165, 1.54) is 6.92 Å². The zero-order valence-electron chi connectivity index (χ0n) is 16.2. The summed E-state index contributed by atoms with van der Waals surface area (Å²) in [5.41, 5.74) is 3.31. The zero-order chi connectivity index (χ0) is 19.9. The molecule has 0 spiro atoms. The van der Waals surface area contributed by atoms with Crippen LogP contribution in [0.3, 0.4) is 0 Å². The standard InChI is InChI=1S/C21H24N6O/c1-4-14(2)23-21-26-19(16-6-5-11-22-13-16)12-20(27-21)25-18-9-7-17(8-10-18)24-15(3)28/h5-14H,4H2,1-3H3,(H,24,28)(H2,23,25,26,27)/t14-/m0/s1. The number of nitrogens with one attached hydrogen (secondary N) is 3. The normalized spacial score (nSPS) is 11.5. The van der Waals surface area contributed by atoms with E-state index < -0.39 is 0 Å². The van der Waals surface area contributed by atoms with Crippen LogP contribution in [0.1, 0.15) is 27.2 Å². The molecule has 1 amide bonds. The minimum atomic E-state index is -0.0987. The first-order valence-corrected chi connectivity index (χ1v) is 9.24. The first-order chi connectivity index (χ1) is 13.5. The Morgan fingerprint density at radius 2 is 1.86 bits per heavy atom. The first-order valence-electron chi connectivity index (χ1n) is 9.24. The average Bonchev–Trinajstić information content (AvgIpc) is 2.69. The van der Waals surface area contributed by atoms with Gasteiger partial charge in [-0.1, -0.05) is 6.92 Å². The van der Waals surface area contributed by atoms with Gasteiger partial charge in [-0.15, -0.1) is 0 Å². The number of hydrogen-bond donors (Lipinski definition) is 3. The number of rotatable bonds is 7. The van der Waals surface area contributed by atoms with Crippen LogP contribution in [0.4, 0.5) is 23.1 Å². The third-order valence-electron chi connectivity index (χ3n) is 4.15. The van der Waals surface area contributed by atoms with Crippen LogP contribution in [0, 0.1) is 0 Å². The number of aromatic nitrogens is 3. The van der Waals surface area contributed by atoms with E-state index in [0.29, 0.717) is 11.8 Å². The van der Waals surface area contributed by atoms with Crippen LogP contribution in [0.15, 0.2) is 54.9 Å². The number of amides is 1. The lowest BCUT2D eigenvalue weighted by Gasteiger charge is -2.15. The van der Waals surface area contributed by atoms with Gasteiger partial charge in [-0.2, -0.15) is 4.98 Å². The SMILES string of the molecule is CC[C@H](C)Nc1nc(Nc2ccc(NC(C)=O)cc2)cc(-c2cccnc2)n1. The third-order valence-corrected chi connectivity index (χ3v) is 4.15. The Morgan fingerprint density at radius 1 is 1.11 bits per heavy atom. The predicted molar refractivity (Wildman–Crippen MR) is 113 cm³/mol. The van der Waals surface area contributed by atoms with E-state index in [2.05, 4.69) is 44.7 Å². The second-order valence-electron chi connectivity index (χ2n) is 6.54. The number of carbonyl (C=O) groups excluding carboxylic acids is 1. The largest absolute Gasteiger partial charge is 0.352 e. The number of nitrogens with zero attached hydrogens (tertiary/aromatic N) is 3. The van der Waals surface area contributed by atoms with E-state index in [-0.39, 0.29) is 11.9 Å². The number of hydrogen-bond acceptors (Lipinski definition) is 6. The van der Waals surface area contributed by atoms with Gasteiger partial charge in [-0.25, -0.2) is 4.98 Å². The summed E-state index contributed by atoms with van der Waals surface area (Å²) in [5.74, 6) is 1.14. The molecular weight excluding hydrogens is 352 g/mol. The average molecular weight is 376 g/mol. The zero-order valence-corrected chi connectivity index (χ0v) is 16.2. The van der Waals surface area contributed by atoms with Crippen LogP contribution in [0.5, 0.6) is 0 Å². The Bertz CT molecular complexity index is 927. The quantitative estimate of drug-likeness (QED) is 0.564. The fraction of sp³-hybridized carbons (Fsp3) is 0.238. The smallest absolute Gasteiger partial charge is 0.225 e. The number of anilines is 4. The van der Waals surface area contributed by atoms with Crippen LogP contribution >= 0.6 is 0 Å². The molecule has 2 aromatic heterocycles. The van der Waals surface area contributed by atoms with Crippen LogP contribution in [0.25, 0.3) is 11.3 Å². The molecule has 1 aromatic carbocycles. The Balaban J connectivity index is 1.88. The van der Waals surface area contributed by atoms with Crippen molar-refractivity contribution in [1.29, 1.82) is 0 Å². The lowest BCUT2D eigenvalue weighted by Crippen LogP contribution is -2.16. The van der Waals surface area contributed by atoms with E-state index in [4.69, 9.17) is 0 Å². The molecule has 0 saturated heterocycles. The predicted octanol–water partition coefficient (Wildman–Crippen LogP) is 4.45. The fourth-order valence-electron chi connectivity index (χ4n) is 2.55. The summed E-state index contributed by atoms with van der Waals surface area (Å²) in [4.78, 5) is 24.6. The highest BCUT2D eigenvalue weighted by Crippen LogP contribution is 2.24. The van der Waals surface area contributed by atoms with E-state index in [1.807, 2.05) is 42.5 Å². The van der Waals surface area contributed by atoms with Gasteiger partial charge in [0.15, 0.2) is 0 Å². The molecule has 0 aliphatic heterocycles. The summed E-state index contributed by atoms with van der Waals surface area (Å²) in [6.07, 6.45) is 4.48. The molecule has 7 heteroatoms. The molecule has 28 heavy (non-hydrogen) atoms. The number of pyridine rings is 1. The molecule has 2 heterocycles. The van der Waals surface area contributed by atoms with E-state index in [0.717, 1.165) is 29.1 Å². The second-order valence-corrected chi connectivity index (χ2v) is 6.54. The van der Waals surface area contributed by atoms with Crippen LogP contribution in [-0.2, 0) is 4.79 Å². The highest BCUT2D eigenvalue weighted by Gasteiger charge is 2.09. The summed E-state index contributed by atoms with van der Waals surface area (Å²) in [6, 6.07) is 13.4. The molecule has 0 bridgehead atoms. The summed E-state index contributed by atoms with van der Waals surface area (Å²) >= 11 is 0. The van der Waals surface area contributed by atoms with Gasteiger partial charge in [0.1, 0.15) is 5.82 Å². The molecule has 0 unspecified atom stereocenters. The molecule has 0 radical (unpaired) electrons. The van der Waals surface area contributed by atoms with Crippen molar-refractivity contribution >= 4 is 29.0 Å². The van der Waals surface area contributed by atoms with E-state index >= 15 is 0 Å². The Hall–Kier alpha value is -3.48. The van der Waals surface area contributed by atoms with Crippen molar-refractivity contribution in [2.24, 2.45) is 0 Å². The fourth-order valence-corrected chi connectivity index (χ4v) is 2.55. The lowest BCUT2D eigenvalue weighted by atomic mass is 10.2. The van der Waals surface area contributed by atoms with Crippen molar-refractivity contribution < 1.29 is 4.79 Å². The highest BCUT2D eigenvalue weighted by molar-refractivity contribution is 5.88. The second kappa shape index (κ2) is 8.94. The van der Waals surface area contributed by atoms with Crippen molar-refractivity contribution in [3.05, 3.63) is 54.9 Å². The molecule has 7 nitrogen and oxygen atoms in total. The topological polar surface area (TPSA) is 91.8 Å². The molecule has 144 valence electrons. The lowest BCUT2D eigenvalue weighted by molar-refractivity contribution is -0.114. The molecule has 0 fully saturated rings. The Morgan fingerprint density at radius 3 is 2.50 bits per heavy atom. The third kappa shape index (κ3) is 5.26. The van der Waals surface area contributed by atoms with Gasteiger partial charge in [0.25, 0.3) is 0 Å². The first kappa shape index (κ1) is 19.3. The minimum absolute atomic E-state index is 0.0987. The van der Waals surface area contributed by atoms with Crippen molar-refractivity contribution in [2.45, 2.75) is 33.2 Å². The molecular formula is C21H24N6O. The van der Waals surface area contributed by atoms with Crippen molar-refractivity contribution in [1.82, 2.24) is 15.0 Å².